The zero-order valence-electron chi connectivity index (χ0n) is 9.86. The Kier molecular flexibility index (Phi) is 5.37. The Morgan fingerprint density at radius 3 is 2.40 bits per heavy atom. The zero-order chi connectivity index (χ0) is 11.1. The Morgan fingerprint density at radius 2 is 1.80 bits per heavy atom. The summed E-state index contributed by atoms with van der Waals surface area (Å²) in [5.41, 5.74) is 4.36. The van der Waals surface area contributed by atoms with E-state index in [2.05, 4.69) is 50.5 Å². The highest BCUT2D eigenvalue weighted by molar-refractivity contribution is 5.18. The van der Waals surface area contributed by atoms with Gasteiger partial charge in [0.25, 0.3) is 0 Å². The Labute approximate surface area is 92.6 Å². The molecule has 0 saturated carbocycles. The van der Waals surface area contributed by atoms with Crippen molar-refractivity contribution in [3.05, 3.63) is 35.9 Å². The van der Waals surface area contributed by atoms with Gasteiger partial charge in [0.2, 0.25) is 0 Å². The minimum absolute atomic E-state index is 0.485. The fraction of sp³-hybridized carbons (Fsp3) is 0.538. The van der Waals surface area contributed by atoms with E-state index in [4.69, 9.17) is 4.84 Å². The molecule has 0 fully saturated rings. The molecule has 1 atom stereocenters. The number of benzene rings is 1. The molecule has 0 aromatic heterocycles. The first-order valence-corrected chi connectivity index (χ1v) is 5.59. The first-order valence-electron chi connectivity index (χ1n) is 5.59. The second-order valence-corrected chi connectivity index (χ2v) is 4.37. The largest absolute Gasteiger partial charge is 0.302 e. The van der Waals surface area contributed by atoms with E-state index < -0.39 is 0 Å². The molecule has 0 saturated heterocycles. The van der Waals surface area contributed by atoms with Crippen molar-refractivity contribution in [2.45, 2.75) is 26.7 Å². The van der Waals surface area contributed by atoms with Crippen LogP contribution in [0.25, 0.3) is 0 Å². The van der Waals surface area contributed by atoms with E-state index >= 15 is 0 Å². The van der Waals surface area contributed by atoms with Crippen LogP contribution in [0.4, 0.5) is 0 Å². The molecule has 0 heterocycles. The number of rotatable bonds is 6. The quantitative estimate of drug-likeness (QED) is 0.572. The third-order valence-electron chi connectivity index (χ3n) is 2.28. The van der Waals surface area contributed by atoms with Gasteiger partial charge in [-0.15, -0.1) is 0 Å². The molecule has 2 nitrogen and oxygen atoms in total. The minimum Gasteiger partial charge on any atom is -0.302 e. The highest BCUT2D eigenvalue weighted by Crippen LogP contribution is 2.12. The van der Waals surface area contributed by atoms with Crippen LogP contribution in [0.15, 0.2) is 30.3 Å². The van der Waals surface area contributed by atoms with Crippen molar-refractivity contribution >= 4 is 0 Å². The summed E-state index contributed by atoms with van der Waals surface area (Å²) in [6.07, 6.45) is 0. The summed E-state index contributed by atoms with van der Waals surface area (Å²) in [6, 6.07) is 10.5. The van der Waals surface area contributed by atoms with E-state index in [0.717, 1.165) is 13.2 Å². The minimum atomic E-state index is 0.485. The molecule has 1 aromatic carbocycles. The lowest BCUT2D eigenvalue weighted by Crippen LogP contribution is -2.22. The summed E-state index contributed by atoms with van der Waals surface area (Å²) < 4.78 is 0. The molecule has 0 aliphatic carbocycles. The van der Waals surface area contributed by atoms with Gasteiger partial charge in [0, 0.05) is 6.54 Å². The lowest BCUT2D eigenvalue weighted by Gasteiger charge is -2.13. The predicted molar refractivity (Wildman–Crippen MR) is 63.6 cm³/mol. The van der Waals surface area contributed by atoms with Crippen LogP contribution in [-0.2, 0) is 4.84 Å². The van der Waals surface area contributed by atoms with Gasteiger partial charge in [-0.3, -0.25) is 0 Å². The molecular weight excluding hydrogens is 186 g/mol. The van der Waals surface area contributed by atoms with Crippen LogP contribution >= 0.6 is 0 Å². The van der Waals surface area contributed by atoms with Crippen LogP contribution < -0.4 is 5.48 Å². The van der Waals surface area contributed by atoms with Crippen LogP contribution in [0.3, 0.4) is 0 Å². The monoisotopic (exact) mass is 207 g/mol. The molecule has 0 amide bonds. The zero-order valence-corrected chi connectivity index (χ0v) is 9.86. The number of nitrogens with one attached hydrogen (secondary N) is 1. The van der Waals surface area contributed by atoms with Gasteiger partial charge < -0.3 is 4.84 Å². The average Bonchev–Trinajstić information content (AvgIpc) is 2.25. The first kappa shape index (κ1) is 12.2. The van der Waals surface area contributed by atoms with Gasteiger partial charge in [-0.25, -0.2) is 5.48 Å². The smallest absolute Gasteiger partial charge is 0.0705 e. The Bertz CT molecular complexity index is 258. The normalized spacial score (nSPS) is 13.1. The third-order valence-corrected chi connectivity index (χ3v) is 2.28. The fourth-order valence-corrected chi connectivity index (χ4v) is 1.31. The maximum atomic E-state index is 5.34. The van der Waals surface area contributed by atoms with Crippen molar-refractivity contribution in [3.63, 3.8) is 0 Å². The molecule has 0 aliphatic heterocycles. The molecule has 0 bridgehead atoms. The SMILES string of the molecule is CC(C)CONCC(C)c1ccccc1. The maximum Gasteiger partial charge on any atom is 0.0705 e. The van der Waals surface area contributed by atoms with Gasteiger partial charge in [0.05, 0.1) is 6.61 Å². The summed E-state index contributed by atoms with van der Waals surface area (Å²) in [4.78, 5) is 5.34. The molecule has 1 rings (SSSR count). The van der Waals surface area contributed by atoms with Gasteiger partial charge in [-0.05, 0) is 17.4 Å². The molecule has 2 heteroatoms. The third kappa shape index (κ3) is 4.96. The second kappa shape index (κ2) is 6.59. The fourth-order valence-electron chi connectivity index (χ4n) is 1.31. The van der Waals surface area contributed by atoms with Crippen molar-refractivity contribution in [1.82, 2.24) is 5.48 Å². The van der Waals surface area contributed by atoms with E-state index in [1.807, 2.05) is 6.07 Å². The van der Waals surface area contributed by atoms with Crippen LogP contribution in [-0.4, -0.2) is 13.2 Å². The van der Waals surface area contributed by atoms with E-state index in [0.29, 0.717) is 11.8 Å². The summed E-state index contributed by atoms with van der Waals surface area (Å²) in [6.45, 7) is 8.10. The topological polar surface area (TPSA) is 21.3 Å². The second-order valence-electron chi connectivity index (χ2n) is 4.37. The Hall–Kier alpha value is -0.860. The van der Waals surface area contributed by atoms with Gasteiger partial charge in [0.1, 0.15) is 0 Å². The summed E-state index contributed by atoms with van der Waals surface area (Å²) in [5.74, 6) is 1.06. The average molecular weight is 207 g/mol. The Morgan fingerprint density at radius 1 is 1.13 bits per heavy atom. The molecular formula is C13H21NO. The molecule has 1 unspecified atom stereocenters. The van der Waals surface area contributed by atoms with Crippen LogP contribution in [0.5, 0.6) is 0 Å². The predicted octanol–water partition coefficient (Wildman–Crippen LogP) is 2.97. The maximum absolute atomic E-state index is 5.34. The van der Waals surface area contributed by atoms with Gasteiger partial charge in [-0.2, -0.15) is 0 Å². The standard InChI is InChI=1S/C13H21NO/c1-11(2)10-15-14-9-12(3)13-7-5-4-6-8-13/h4-8,11-12,14H,9-10H2,1-3H3. The number of hydrogen-bond acceptors (Lipinski definition) is 2. The summed E-state index contributed by atoms with van der Waals surface area (Å²) in [7, 11) is 0. The van der Waals surface area contributed by atoms with Crippen molar-refractivity contribution < 1.29 is 4.84 Å². The molecule has 0 spiro atoms. The van der Waals surface area contributed by atoms with Crippen molar-refractivity contribution in [2.75, 3.05) is 13.2 Å². The first-order chi connectivity index (χ1) is 7.20. The summed E-state index contributed by atoms with van der Waals surface area (Å²) in [5, 5.41) is 0. The lowest BCUT2D eigenvalue weighted by atomic mass is 10.0. The molecule has 0 aliphatic rings. The lowest BCUT2D eigenvalue weighted by molar-refractivity contribution is 0.0216. The van der Waals surface area contributed by atoms with Crippen LogP contribution in [0.1, 0.15) is 32.3 Å². The van der Waals surface area contributed by atoms with Gasteiger partial charge in [-0.1, -0.05) is 51.1 Å². The molecule has 1 aromatic rings. The highest BCUT2D eigenvalue weighted by atomic mass is 16.6. The van der Waals surface area contributed by atoms with Crippen molar-refractivity contribution in [3.8, 4) is 0 Å². The summed E-state index contributed by atoms with van der Waals surface area (Å²) >= 11 is 0. The number of hydrogen-bond donors (Lipinski definition) is 1. The molecule has 84 valence electrons. The molecule has 15 heavy (non-hydrogen) atoms. The van der Waals surface area contributed by atoms with E-state index in [-0.39, 0.29) is 0 Å². The molecule has 0 radical (unpaired) electrons. The van der Waals surface area contributed by atoms with Crippen LogP contribution in [0.2, 0.25) is 0 Å². The van der Waals surface area contributed by atoms with Gasteiger partial charge in [0.15, 0.2) is 0 Å². The Balaban J connectivity index is 2.22. The van der Waals surface area contributed by atoms with Crippen molar-refractivity contribution in [1.29, 1.82) is 0 Å². The van der Waals surface area contributed by atoms with Crippen LogP contribution in [0, 0.1) is 5.92 Å². The van der Waals surface area contributed by atoms with E-state index in [1.54, 1.807) is 0 Å². The number of hydroxylamine groups is 1. The van der Waals surface area contributed by atoms with E-state index in [9.17, 15) is 0 Å². The highest BCUT2D eigenvalue weighted by Gasteiger charge is 2.03. The van der Waals surface area contributed by atoms with E-state index in [1.165, 1.54) is 5.56 Å². The van der Waals surface area contributed by atoms with Gasteiger partial charge >= 0.3 is 0 Å². The molecule has 1 N–H and O–H groups in total. The van der Waals surface area contributed by atoms with Crippen molar-refractivity contribution in [2.24, 2.45) is 5.92 Å².